The predicted molar refractivity (Wildman–Crippen MR) is 109 cm³/mol. The molecule has 28 heavy (non-hydrogen) atoms. The van der Waals surface area contributed by atoms with Crippen LogP contribution in [0.5, 0.6) is 0 Å². The topological polar surface area (TPSA) is 84.5 Å². The van der Waals surface area contributed by atoms with E-state index in [1.54, 1.807) is 43.3 Å². The number of esters is 1. The molecule has 0 heterocycles. The predicted octanol–water partition coefficient (Wildman–Crippen LogP) is 4.13. The van der Waals surface area contributed by atoms with Crippen molar-refractivity contribution >= 4 is 29.2 Å². The van der Waals surface area contributed by atoms with Gasteiger partial charge in [-0.3, -0.25) is 14.4 Å². The van der Waals surface area contributed by atoms with Gasteiger partial charge in [-0.25, -0.2) is 0 Å². The normalized spacial score (nSPS) is 10.9. The molecule has 0 saturated heterocycles. The summed E-state index contributed by atoms with van der Waals surface area (Å²) in [4.78, 5) is 35.4. The molecule has 0 aliphatic rings. The second kappa shape index (κ2) is 9.17. The Balaban J connectivity index is 1.93. The minimum Gasteiger partial charge on any atom is -0.466 e. The molecule has 0 aliphatic heterocycles. The number of anilines is 2. The number of amides is 2. The molecule has 0 atom stereocenters. The summed E-state index contributed by atoms with van der Waals surface area (Å²) >= 11 is 0. The summed E-state index contributed by atoms with van der Waals surface area (Å²) < 4.78 is 4.73. The first-order valence-electron chi connectivity index (χ1n) is 9.16. The van der Waals surface area contributed by atoms with Gasteiger partial charge in [-0.2, -0.15) is 0 Å². The molecule has 0 unspecified atom stereocenters. The van der Waals surface area contributed by atoms with Gasteiger partial charge in [-0.15, -0.1) is 0 Å². The van der Waals surface area contributed by atoms with Crippen LogP contribution in [0.2, 0.25) is 0 Å². The Bertz CT molecular complexity index is 834. The van der Waals surface area contributed by atoms with Crippen molar-refractivity contribution in [2.75, 3.05) is 17.2 Å². The zero-order chi connectivity index (χ0) is 20.7. The Morgan fingerprint density at radius 2 is 1.39 bits per heavy atom. The average Bonchev–Trinajstić information content (AvgIpc) is 2.62. The maximum atomic E-state index is 12.4. The van der Waals surface area contributed by atoms with Crippen LogP contribution >= 0.6 is 0 Å². The standard InChI is InChI=1S/C22H26N2O4/c1-5-28-20(26)14-19(25)23-17-10-12-18(13-11-17)24-21(27)15-6-8-16(9-7-15)22(2,3)4/h6-13H,5,14H2,1-4H3,(H,23,25)(H,24,27). The molecule has 2 amide bonds. The molecule has 148 valence electrons. The average molecular weight is 382 g/mol. The molecule has 0 aliphatic carbocycles. The van der Waals surface area contributed by atoms with E-state index in [1.807, 2.05) is 12.1 Å². The van der Waals surface area contributed by atoms with Crippen LogP contribution in [0.1, 0.15) is 50.0 Å². The van der Waals surface area contributed by atoms with E-state index >= 15 is 0 Å². The van der Waals surface area contributed by atoms with E-state index in [0.29, 0.717) is 16.9 Å². The van der Waals surface area contributed by atoms with Gasteiger partial charge in [0.05, 0.1) is 6.61 Å². The fourth-order valence-electron chi connectivity index (χ4n) is 2.51. The number of hydrogen-bond acceptors (Lipinski definition) is 4. The molecule has 0 bridgehead atoms. The molecular weight excluding hydrogens is 356 g/mol. The first-order chi connectivity index (χ1) is 13.2. The van der Waals surface area contributed by atoms with Crippen LogP contribution < -0.4 is 10.6 Å². The van der Waals surface area contributed by atoms with Gasteiger partial charge in [0.2, 0.25) is 5.91 Å². The summed E-state index contributed by atoms with van der Waals surface area (Å²) in [7, 11) is 0. The van der Waals surface area contributed by atoms with Crippen molar-refractivity contribution in [2.24, 2.45) is 0 Å². The van der Waals surface area contributed by atoms with Gasteiger partial charge in [0.1, 0.15) is 6.42 Å². The van der Waals surface area contributed by atoms with Crippen molar-refractivity contribution < 1.29 is 19.1 Å². The second-order valence-corrected chi connectivity index (χ2v) is 7.39. The molecule has 0 aromatic heterocycles. The lowest BCUT2D eigenvalue weighted by atomic mass is 9.87. The quantitative estimate of drug-likeness (QED) is 0.581. The van der Waals surface area contributed by atoms with Gasteiger partial charge in [0, 0.05) is 16.9 Å². The van der Waals surface area contributed by atoms with Gasteiger partial charge in [-0.1, -0.05) is 32.9 Å². The summed E-state index contributed by atoms with van der Waals surface area (Å²) in [6.07, 6.45) is -0.336. The van der Waals surface area contributed by atoms with Crippen LogP contribution in [0.25, 0.3) is 0 Å². The third-order valence-corrected chi connectivity index (χ3v) is 4.05. The zero-order valence-corrected chi connectivity index (χ0v) is 16.7. The maximum absolute atomic E-state index is 12.4. The first-order valence-corrected chi connectivity index (χ1v) is 9.16. The molecule has 2 N–H and O–H groups in total. The van der Waals surface area contributed by atoms with E-state index < -0.39 is 11.9 Å². The van der Waals surface area contributed by atoms with E-state index in [4.69, 9.17) is 4.74 Å². The SMILES string of the molecule is CCOC(=O)CC(=O)Nc1ccc(NC(=O)c2ccc(C(C)(C)C)cc2)cc1. The van der Waals surface area contributed by atoms with E-state index in [9.17, 15) is 14.4 Å². The monoisotopic (exact) mass is 382 g/mol. The third kappa shape index (κ3) is 6.23. The number of nitrogens with one attached hydrogen (secondary N) is 2. The van der Waals surface area contributed by atoms with Gasteiger partial charge >= 0.3 is 5.97 Å². The Kier molecular flexibility index (Phi) is 6.93. The number of ether oxygens (including phenoxy) is 1. The number of benzene rings is 2. The fraction of sp³-hybridized carbons (Fsp3) is 0.318. The van der Waals surface area contributed by atoms with E-state index in [0.717, 1.165) is 5.56 Å². The number of rotatable bonds is 6. The number of hydrogen-bond donors (Lipinski definition) is 2. The lowest BCUT2D eigenvalue weighted by Crippen LogP contribution is -2.18. The summed E-state index contributed by atoms with van der Waals surface area (Å²) in [6, 6.07) is 14.2. The van der Waals surface area contributed by atoms with Gasteiger partial charge in [0.25, 0.3) is 5.91 Å². The molecule has 2 aromatic rings. The van der Waals surface area contributed by atoms with E-state index in [1.165, 1.54) is 0 Å². The summed E-state index contributed by atoms with van der Waals surface area (Å²) in [6.45, 7) is 8.28. The van der Waals surface area contributed by atoms with Gasteiger partial charge in [-0.05, 0) is 54.3 Å². The first kappa shape index (κ1) is 21.2. The highest BCUT2D eigenvalue weighted by Gasteiger charge is 2.14. The maximum Gasteiger partial charge on any atom is 0.315 e. The molecule has 6 nitrogen and oxygen atoms in total. The Morgan fingerprint density at radius 1 is 0.857 bits per heavy atom. The minimum absolute atomic E-state index is 0.0303. The molecular formula is C22H26N2O4. The van der Waals surface area contributed by atoms with Crippen molar-refractivity contribution in [2.45, 2.75) is 39.5 Å². The summed E-state index contributed by atoms with van der Waals surface area (Å²) in [5, 5.41) is 5.43. The molecule has 0 spiro atoms. The van der Waals surface area contributed by atoms with Crippen molar-refractivity contribution in [3.8, 4) is 0 Å². The highest BCUT2D eigenvalue weighted by Crippen LogP contribution is 2.22. The smallest absolute Gasteiger partial charge is 0.315 e. The van der Waals surface area contributed by atoms with Gasteiger partial charge < -0.3 is 15.4 Å². The van der Waals surface area contributed by atoms with Gasteiger partial charge in [0.15, 0.2) is 0 Å². The van der Waals surface area contributed by atoms with E-state index in [2.05, 4.69) is 31.4 Å². The molecule has 0 fully saturated rings. The van der Waals surface area contributed by atoms with Crippen LogP contribution in [0.4, 0.5) is 11.4 Å². The van der Waals surface area contributed by atoms with Crippen molar-refractivity contribution in [3.05, 3.63) is 59.7 Å². The van der Waals surface area contributed by atoms with Crippen LogP contribution in [-0.2, 0) is 19.7 Å². The van der Waals surface area contributed by atoms with Crippen LogP contribution in [0.15, 0.2) is 48.5 Å². The van der Waals surface area contributed by atoms with Crippen LogP contribution in [-0.4, -0.2) is 24.4 Å². The molecule has 0 saturated carbocycles. The lowest BCUT2D eigenvalue weighted by molar-refractivity contribution is -0.145. The van der Waals surface area contributed by atoms with E-state index in [-0.39, 0.29) is 24.3 Å². The second-order valence-electron chi connectivity index (χ2n) is 7.39. The number of carbonyl (C=O) groups is 3. The molecule has 2 rings (SSSR count). The molecule has 0 radical (unpaired) electrons. The Labute approximate surface area is 165 Å². The Hall–Kier alpha value is -3.15. The molecule has 2 aromatic carbocycles. The van der Waals surface area contributed by atoms with Crippen molar-refractivity contribution in [1.82, 2.24) is 0 Å². The van der Waals surface area contributed by atoms with Crippen molar-refractivity contribution in [3.63, 3.8) is 0 Å². The lowest BCUT2D eigenvalue weighted by Gasteiger charge is -2.19. The summed E-state index contributed by atoms with van der Waals surface area (Å²) in [5.41, 5.74) is 2.89. The van der Waals surface area contributed by atoms with Crippen LogP contribution in [0, 0.1) is 0 Å². The highest BCUT2D eigenvalue weighted by atomic mass is 16.5. The number of carbonyl (C=O) groups excluding carboxylic acids is 3. The Morgan fingerprint density at radius 3 is 1.89 bits per heavy atom. The zero-order valence-electron chi connectivity index (χ0n) is 16.7. The highest BCUT2D eigenvalue weighted by molar-refractivity contribution is 6.05. The van der Waals surface area contributed by atoms with Crippen molar-refractivity contribution in [1.29, 1.82) is 0 Å². The third-order valence-electron chi connectivity index (χ3n) is 4.05. The molecule has 6 heteroatoms. The van der Waals surface area contributed by atoms with Crippen LogP contribution in [0.3, 0.4) is 0 Å². The minimum atomic E-state index is -0.568. The summed E-state index contributed by atoms with van der Waals surface area (Å²) in [5.74, 6) is -1.23. The fourth-order valence-corrected chi connectivity index (χ4v) is 2.51. The largest absolute Gasteiger partial charge is 0.466 e.